The average molecular weight is 402 g/mol. The molecule has 4 heteroatoms. The molecule has 0 saturated carbocycles. The number of carbonyl (C=O) groups is 1. The second-order valence-electron chi connectivity index (χ2n) is 6.82. The molecular formula is C26H26O4. The third-order valence-electron chi connectivity index (χ3n) is 4.64. The molecule has 1 unspecified atom stereocenters. The minimum absolute atomic E-state index is 0.325. The van der Waals surface area contributed by atoms with Crippen molar-refractivity contribution in [2.24, 2.45) is 0 Å². The molecule has 1 atom stereocenters. The molecule has 0 aromatic heterocycles. The van der Waals surface area contributed by atoms with Crippen LogP contribution in [0.15, 0.2) is 91.0 Å². The van der Waals surface area contributed by atoms with Gasteiger partial charge in [-0.25, -0.2) is 4.79 Å². The second kappa shape index (κ2) is 11.1. The predicted octanol–water partition coefficient (Wildman–Crippen LogP) is 5.20. The number of benzene rings is 3. The number of esters is 1. The van der Waals surface area contributed by atoms with Crippen molar-refractivity contribution in [1.82, 2.24) is 0 Å². The number of ether oxygens (including phenoxy) is 2. The molecule has 0 bridgehead atoms. The maximum Gasteiger partial charge on any atom is 0.338 e. The van der Waals surface area contributed by atoms with Crippen molar-refractivity contribution in [3.05, 3.63) is 113 Å². The van der Waals surface area contributed by atoms with Gasteiger partial charge in [0.25, 0.3) is 0 Å². The Balaban J connectivity index is 1.67. The summed E-state index contributed by atoms with van der Waals surface area (Å²) < 4.78 is 10.9. The first-order valence-corrected chi connectivity index (χ1v) is 10.0. The number of rotatable bonds is 9. The van der Waals surface area contributed by atoms with Crippen LogP contribution in [-0.4, -0.2) is 24.3 Å². The number of hydrogen-bond donors (Lipinski definition) is 1. The molecule has 0 heterocycles. The Hall–Kier alpha value is -3.21. The normalized spacial score (nSPS) is 12.4. The minimum atomic E-state index is -0.714. The van der Waals surface area contributed by atoms with Gasteiger partial charge in [0.2, 0.25) is 0 Å². The van der Waals surface area contributed by atoms with Gasteiger partial charge in [-0.05, 0) is 47.4 Å². The van der Waals surface area contributed by atoms with E-state index in [1.165, 1.54) is 0 Å². The van der Waals surface area contributed by atoms with Crippen molar-refractivity contribution >= 4 is 11.5 Å². The first kappa shape index (κ1) is 21.5. The highest BCUT2D eigenvalue weighted by atomic mass is 16.5. The van der Waals surface area contributed by atoms with Crippen molar-refractivity contribution < 1.29 is 19.4 Å². The van der Waals surface area contributed by atoms with Crippen LogP contribution in [0.5, 0.6) is 0 Å². The monoisotopic (exact) mass is 402 g/mol. The van der Waals surface area contributed by atoms with Crippen LogP contribution in [0.1, 0.15) is 40.1 Å². The van der Waals surface area contributed by atoms with E-state index >= 15 is 0 Å². The average Bonchev–Trinajstić information content (AvgIpc) is 2.80. The second-order valence-corrected chi connectivity index (χ2v) is 6.82. The molecule has 0 amide bonds. The highest BCUT2D eigenvalue weighted by Crippen LogP contribution is 2.22. The third-order valence-corrected chi connectivity index (χ3v) is 4.64. The molecule has 3 rings (SSSR count). The molecule has 0 aliphatic heterocycles. The van der Waals surface area contributed by atoms with Crippen molar-refractivity contribution in [3.8, 4) is 0 Å². The highest BCUT2D eigenvalue weighted by Gasteiger charge is 2.09. The summed E-state index contributed by atoms with van der Waals surface area (Å²) in [6.07, 6.45) is 1.11. The van der Waals surface area contributed by atoms with Crippen LogP contribution in [0.2, 0.25) is 0 Å². The van der Waals surface area contributed by atoms with E-state index in [0.29, 0.717) is 25.4 Å². The molecule has 154 valence electrons. The first-order valence-electron chi connectivity index (χ1n) is 10.0. The zero-order chi connectivity index (χ0) is 21.2. The van der Waals surface area contributed by atoms with Crippen molar-refractivity contribution in [2.45, 2.75) is 19.6 Å². The quantitative estimate of drug-likeness (QED) is 0.500. The molecule has 1 N–H and O–H groups in total. The molecule has 0 radical (unpaired) electrons. The van der Waals surface area contributed by atoms with Gasteiger partial charge in [-0.3, -0.25) is 0 Å². The third kappa shape index (κ3) is 6.14. The van der Waals surface area contributed by atoms with Crippen LogP contribution in [0.25, 0.3) is 5.57 Å². The first-order chi connectivity index (χ1) is 14.7. The SMILES string of the molecule is CCOC(=O)c1ccc(COC/C(=C/C(O)c2ccccc2)c2ccccc2)cc1. The molecule has 3 aromatic carbocycles. The van der Waals surface area contributed by atoms with E-state index in [0.717, 1.165) is 22.3 Å². The zero-order valence-corrected chi connectivity index (χ0v) is 17.0. The molecule has 0 fully saturated rings. The van der Waals surface area contributed by atoms with E-state index in [9.17, 15) is 9.90 Å². The summed E-state index contributed by atoms with van der Waals surface area (Å²) in [6.45, 7) is 2.89. The van der Waals surface area contributed by atoms with Gasteiger partial charge in [0.1, 0.15) is 0 Å². The lowest BCUT2D eigenvalue weighted by atomic mass is 10.0. The van der Waals surface area contributed by atoms with Gasteiger partial charge < -0.3 is 14.6 Å². The molecule has 4 nitrogen and oxygen atoms in total. The van der Waals surface area contributed by atoms with E-state index in [-0.39, 0.29) is 5.97 Å². The number of aliphatic hydroxyl groups is 1. The summed E-state index contributed by atoms with van der Waals surface area (Å²) in [6, 6.07) is 26.6. The van der Waals surface area contributed by atoms with Gasteiger partial charge in [-0.2, -0.15) is 0 Å². The molecular weight excluding hydrogens is 376 g/mol. The van der Waals surface area contributed by atoms with Gasteiger partial charge in [0.05, 0.1) is 31.5 Å². The molecule has 0 aliphatic rings. The standard InChI is InChI=1S/C26H26O4/c1-2-30-26(28)23-15-13-20(14-16-23)18-29-19-24(21-9-5-3-6-10-21)17-25(27)22-11-7-4-8-12-22/h3-17,25,27H,2,18-19H2,1H3/b24-17-. The Morgan fingerprint density at radius 3 is 2.17 bits per heavy atom. The Labute approximate surface area is 177 Å². The van der Waals surface area contributed by atoms with E-state index in [1.54, 1.807) is 19.1 Å². The molecule has 0 saturated heterocycles. The number of hydrogen-bond acceptors (Lipinski definition) is 4. The fourth-order valence-electron chi connectivity index (χ4n) is 3.05. The lowest BCUT2D eigenvalue weighted by Crippen LogP contribution is -2.05. The maximum absolute atomic E-state index is 11.8. The van der Waals surface area contributed by atoms with Gasteiger partial charge >= 0.3 is 5.97 Å². The summed E-state index contributed by atoms with van der Waals surface area (Å²) in [7, 11) is 0. The topological polar surface area (TPSA) is 55.8 Å². The summed E-state index contributed by atoms with van der Waals surface area (Å²) in [5, 5.41) is 10.6. The van der Waals surface area contributed by atoms with Crippen LogP contribution < -0.4 is 0 Å². The smallest absolute Gasteiger partial charge is 0.338 e. The van der Waals surface area contributed by atoms with Gasteiger partial charge in [-0.1, -0.05) is 72.8 Å². The van der Waals surface area contributed by atoms with E-state index in [2.05, 4.69) is 0 Å². The van der Waals surface area contributed by atoms with Gasteiger partial charge in [-0.15, -0.1) is 0 Å². The summed E-state index contributed by atoms with van der Waals surface area (Å²) in [5.41, 5.74) is 4.23. The van der Waals surface area contributed by atoms with Crippen molar-refractivity contribution in [3.63, 3.8) is 0 Å². The van der Waals surface area contributed by atoms with Crippen LogP contribution in [0.3, 0.4) is 0 Å². The van der Waals surface area contributed by atoms with E-state index in [4.69, 9.17) is 9.47 Å². The van der Waals surface area contributed by atoms with Crippen LogP contribution in [-0.2, 0) is 16.1 Å². The maximum atomic E-state index is 11.8. The molecule has 0 spiro atoms. The summed E-state index contributed by atoms with van der Waals surface area (Å²) in [5.74, 6) is -0.325. The Morgan fingerprint density at radius 2 is 1.53 bits per heavy atom. The summed E-state index contributed by atoms with van der Waals surface area (Å²) >= 11 is 0. The van der Waals surface area contributed by atoms with Crippen LogP contribution in [0, 0.1) is 0 Å². The minimum Gasteiger partial charge on any atom is -0.462 e. The highest BCUT2D eigenvalue weighted by molar-refractivity contribution is 5.89. The lowest BCUT2D eigenvalue weighted by molar-refractivity contribution is 0.0526. The fourth-order valence-corrected chi connectivity index (χ4v) is 3.05. The molecule has 0 aliphatic carbocycles. The van der Waals surface area contributed by atoms with Crippen molar-refractivity contribution in [2.75, 3.05) is 13.2 Å². The van der Waals surface area contributed by atoms with Crippen molar-refractivity contribution in [1.29, 1.82) is 0 Å². The Bertz CT molecular complexity index is 947. The Kier molecular flexibility index (Phi) is 7.95. The Morgan fingerprint density at radius 1 is 0.900 bits per heavy atom. The molecule has 3 aromatic rings. The van der Waals surface area contributed by atoms with Gasteiger partial charge in [0, 0.05) is 0 Å². The lowest BCUT2D eigenvalue weighted by Gasteiger charge is -2.13. The predicted molar refractivity (Wildman–Crippen MR) is 118 cm³/mol. The van der Waals surface area contributed by atoms with Crippen LogP contribution >= 0.6 is 0 Å². The number of carbonyl (C=O) groups excluding carboxylic acids is 1. The molecule has 30 heavy (non-hydrogen) atoms. The summed E-state index contributed by atoms with van der Waals surface area (Å²) in [4.78, 5) is 11.8. The van der Waals surface area contributed by atoms with E-state index < -0.39 is 6.10 Å². The largest absolute Gasteiger partial charge is 0.462 e. The van der Waals surface area contributed by atoms with Crippen LogP contribution in [0.4, 0.5) is 0 Å². The van der Waals surface area contributed by atoms with E-state index in [1.807, 2.05) is 78.9 Å². The fraction of sp³-hybridized carbons (Fsp3) is 0.192. The zero-order valence-electron chi connectivity index (χ0n) is 17.0. The van der Waals surface area contributed by atoms with Gasteiger partial charge in [0.15, 0.2) is 0 Å². The number of aliphatic hydroxyl groups excluding tert-OH is 1.